The van der Waals surface area contributed by atoms with Crippen molar-refractivity contribution < 1.29 is 19.9 Å². The summed E-state index contributed by atoms with van der Waals surface area (Å²) in [6.45, 7) is 4.03. The fourth-order valence-corrected chi connectivity index (χ4v) is 3.57. The van der Waals surface area contributed by atoms with Crippen LogP contribution in [0.4, 0.5) is 11.5 Å². The van der Waals surface area contributed by atoms with E-state index >= 15 is 0 Å². The summed E-state index contributed by atoms with van der Waals surface area (Å²) in [7, 11) is 0. The third kappa shape index (κ3) is 5.64. The normalized spacial score (nSPS) is 15.5. The molecule has 0 saturated carbocycles. The first-order chi connectivity index (χ1) is 15.8. The molecule has 0 saturated heterocycles. The summed E-state index contributed by atoms with van der Waals surface area (Å²) in [5.41, 5.74) is 3.38. The molecule has 0 spiro atoms. The molecule has 1 aromatic heterocycles. The van der Waals surface area contributed by atoms with Crippen molar-refractivity contribution >= 4 is 23.2 Å². The van der Waals surface area contributed by atoms with Crippen molar-refractivity contribution in [3.63, 3.8) is 0 Å². The minimum atomic E-state index is -0.869. The van der Waals surface area contributed by atoms with Crippen LogP contribution in [0.3, 0.4) is 0 Å². The maximum absolute atomic E-state index is 11.8. The predicted molar refractivity (Wildman–Crippen MR) is 125 cm³/mol. The van der Waals surface area contributed by atoms with Gasteiger partial charge in [0.25, 0.3) is 0 Å². The Labute approximate surface area is 191 Å². The number of benzene rings is 2. The number of carboxylic acids is 1. The van der Waals surface area contributed by atoms with Gasteiger partial charge in [-0.05, 0) is 34.6 Å². The maximum atomic E-state index is 11.8. The second-order valence-electron chi connectivity index (χ2n) is 7.58. The van der Waals surface area contributed by atoms with Gasteiger partial charge < -0.3 is 25.2 Å². The van der Waals surface area contributed by atoms with E-state index in [9.17, 15) is 25.1 Å². The molecule has 0 amide bonds. The molecule has 3 aromatic rings. The highest BCUT2D eigenvalue weighted by Crippen LogP contribution is 2.40. The van der Waals surface area contributed by atoms with Crippen LogP contribution in [-0.2, 0) is 4.79 Å². The van der Waals surface area contributed by atoms with Crippen LogP contribution in [0.15, 0.2) is 66.9 Å². The SMILES string of the molecule is CCC(O)CN1C(c2ccccc2)=CC(C(=O)O)c2ccccc21.Cc1ncc([N+](=O)[O-])[nH]1. The molecule has 2 atom stereocenters. The highest BCUT2D eigenvalue weighted by atomic mass is 16.6. The monoisotopic (exact) mass is 450 g/mol. The van der Waals surface area contributed by atoms with Crippen LogP contribution < -0.4 is 4.90 Å². The first kappa shape index (κ1) is 23.7. The number of aromatic amines is 1. The van der Waals surface area contributed by atoms with E-state index in [-0.39, 0.29) is 5.82 Å². The fourth-order valence-electron chi connectivity index (χ4n) is 3.57. The number of aliphatic hydroxyl groups is 1. The molecule has 9 heteroatoms. The third-order valence-corrected chi connectivity index (χ3v) is 5.26. The van der Waals surface area contributed by atoms with E-state index in [0.717, 1.165) is 22.5 Å². The summed E-state index contributed by atoms with van der Waals surface area (Å²) in [6.07, 6.45) is 3.13. The average Bonchev–Trinajstić information content (AvgIpc) is 3.26. The number of nitrogens with one attached hydrogen (secondary N) is 1. The molecule has 0 bridgehead atoms. The molecule has 172 valence electrons. The van der Waals surface area contributed by atoms with Crippen molar-refractivity contribution in [2.75, 3.05) is 11.4 Å². The van der Waals surface area contributed by atoms with Crippen LogP contribution in [0.1, 0.15) is 36.2 Å². The van der Waals surface area contributed by atoms with Crippen LogP contribution in [0.5, 0.6) is 0 Å². The number of β-amino-alcohol motifs (C(OH)–C–C–N with tert-alkyl or cyclic N) is 1. The molecule has 4 rings (SSSR count). The van der Waals surface area contributed by atoms with Crippen LogP contribution in [-0.4, -0.2) is 43.7 Å². The van der Waals surface area contributed by atoms with Gasteiger partial charge in [0.1, 0.15) is 12.1 Å². The Hall–Kier alpha value is -3.98. The summed E-state index contributed by atoms with van der Waals surface area (Å²) in [6, 6.07) is 17.2. The Kier molecular flexibility index (Phi) is 7.57. The summed E-state index contributed by atoms with van der Waals surface area (Å²) in [5.74, 6) is -1.06. The Balaban J connectivity index is 0.000000286. The van der Waals surface area contributed by atoms with Gasteiger partial charge in [-0.1, -0.05) is 55.5 Å². The second-order valence-corrected chi connectivity index (χ2v) is 7.58. The zero-order valence-electron chi connectivity index (χ0n) is 18.4. The standard InChI is InChI=1S/C20H21NO3.C4H5N3O2/c1-2-15(22)13-21-18-11-7-6-10-16(18)17(20(23)24)12-19(21)14-8-4-3-5-9-14;1-3-5-2-4(6-3)7(8)9/h3-12,15,17,22H,2,13H2,1H3,(H,23,24);2H,1H3,(H,5,6). The number of aliphatic carboxylic acids is 1. The van der Waals surface area contributed by atoms with Crippen molar-refractivity contribution in [3.8, 4) is 0 Å². The number of hydrogen-bond donors (Lipinski definition) is 3. The molecule has 2 unspecified atom stereocenters. The Morgan fingerprint density at radius 1 is 1.21 bits per heavy atom. The van der Waals surface area contributed by atoms with Gasteiger partial charge in [0.05, 0.1) is 6.10 Å². The number of para-hydroxylation sites is 1. The van der Waals surface area contributed by atoms with Crippen molar-refractivity contribution in [2.45, 2.75) is 32.3 Å². The zero-order valence-corrected chi connectivity index (χ0v) is 18.4. The molecule has 0 fully saturated rings. The van der Waals surface area contributed by atoms with Gasteiger partial charge >= 0.3 is 11.8 Å². The number of rotatable bonds is 6. The summed E-state index contributed by atoms with van der Waals surface area (Å²) < 4.78 is 0. The van der Waals surface area contributed by atoms with E-state index in [4.69, 9.17) is 0 Å². The lowest BCUT2D eigenvalue weighted by atomic mass is 9.89. The Morgan fingerprint density at radius 3 is 2.42 bits per heavy atom. The van der Waals surface area contributed by atoms with Crippen LogP contribution in [0, 0.1) is 17.0 Å². The van der Waals surface area contributed by atoms with Crippen molar-refractivity contribution in [2.24, 2.45) is 0 Å². The van der Waals surface area contributed by atoms with Gasteiger partial charge in [-0.25, -0.2) is 9.97 Å². The van der Waals surface area contributed by atoms with Gasteiger partial charge in [0, 0.05) is 24.9 Å². The molecule has 33 heavy (non-hydrogen) atoms. The van der Waals surface area contributed by atoms with E-state index in [1.54, 1.807) is 13.0 Å². The van der Waals surface area contributed by atoms with Crippen molar-refractivity contribution in [1.29, 1.82) is 0 Å². The molecule has 1 aliphatic rings. The van der Waals surface area contributed by atoms with Crippen LogP contribution in [0.25, 0.3) is 5.70 Å². The number of aromatic nitrogens is 2. The van der Waals surface area contributed by atoms with Gasteiger partial charge in [-0.15, -0.1) is 0 Å². The molecule has 9 nitrogen and oxygen atoms in total. The van der Waals surface area contributed by atoms with Crippen LogP contribution in [0.2, 0.25) is 0 Å². The average molecular weight is 450 g/mol. The number of anilines is 1. The van der Waals surface area contributed by atoms with Gasteiger partial charge in [0.2, 0.25) is 0 Å². The molecule has 2 heterocycles. The Bertz CT molecular complexity index is 1140. The topological polar surface area (TPSA) is 133 Å². The molecule has 2 aromatic carbocycles. The number of imidazole rings is 1. The highest BCUT2D eigenvalue weighted by Gasteiger charge is 2.31. The maximum Gasteiger partial charge on any atom is 0.340 e. The van der Waals surface area contributed by atoms with E-state index in [1.807, 2.05) is 66.4 Å². The minimum absolute atomic E-state index is 0.0625. The van der Waals surface area contributed by atoms with Crippen molar-refractivity contribution in [3.05, 3.63) is 93.9 Å². The van der Waals surface area contributed by atoms with E-state index < -0.39 is 22.9 Å². The lowest BCUT2D eigenvalue weighted by Crippen LogP contribution is -2.35. The molecule has 1 aliphatic heterocycles. The van der Waals surface area contributed by atoms with Crippen molar-refractivity contribution in [1.82, 2.24) is 9.97 Å². The van der Waals surface area contributed by atoms with Gasteiger partial charge in [0.15, 0.2) is 5.82 Å². The predicted octanol–water partition coefficient (Wildman–Crippen LogP) is 4.11. The first-order valence-corrected chi connectivity index (χ1v) is 10.5. The quantitative estimate of drug-likeness (QED) is 0.380. The lowest BCUT2D eigenvalue weighted by Gasteiger charge is -2.36. The van der Waals surface area contributed by atoms with Gasteiger partial charge in [-0.3, -0.25) is 4.79 Å². The molecular formula is C24H26N4O5. The molecule has 0 aliphatic carbocycles. The number of fused-ring (bicyclic) bond motifs is 1. The number of aliphatic hydroxyl groups excluding tert-OH is 1. The number of carboxylic acid groups (broad SMARTS) is 1. The second kappa shape index (κ2) is 10.6. The smallest absolute Gasteiger partial charge is 0.340 e. The largest absolute Gasteiger partial charge is 0.481 e. The summed E-state index contributed by atoms with van der Waals surface area (Å²) in [5, 5.41) is 29.8. The fraction of sp³-hybridized carbons (Fsp3) is 0.250. The molecule has 3 N–H and O–H groups in total. The molecular weight excluding hydrogens is 424 g/mol. The number of H-pyrrole nitrogens is 1. The molecule has 0 radical (unpaired) electrons. The highest BCUT2D eigenvalue weighted by molar-refractivity contribution is 5.92. The van der Waals surface area contributed by atoms with Gasteiger partial charge in [-0.2, -0.15) is 0 Å². The number of nitro groups is 1. The number of hydrogen-bond acceptors (Lipinski definition) is 6. The minimum Gasteiger partial charge on any atom is -0.481 e. The summed E-state index contributed by atoms with van der Waals surface area (Å²) >= 11 is 0. The number of nitrogens with zero attached hydrogens (tertiary/aromatic N) is 3. The first-order valence-electron chi connectivity index (χ1n) is 10.5. The third-order valence-electron chi connectivity index (χ3n) is 5.26. The zero-order chi connectivity index (χ0) is 24.0. The van der Waals surface area contributed by atoms with Crippen LogP contribution >= 0.6 is 0 Å². The Morgan fingerprint density at radius 2 is 1.88 bits per heavy atom. The number of carbonyl (C=O) groups is 1. The van der Waals surface area contributed by atoms with E-state index in [2.05, 4.69) is 9.97 Å². The lowest BCUT2D eigenvalue weighted by molar-refractivity contribution is -0.389. The van der Waals surface area contributed by atoms with E-state index in [1.165, 1.54) is 6.20 Å². The number of aryl methyl sites for hydroxylation is 1. The van der Waals surface area contributed by atoms with E-state index in [0.29, 0.717) is 18.8 Å². The summed E-state index contributed by atoms with van der Waals surface area (Å²) in [4.78, 5) is 29.3.